The zero-order valence-electron chi connectivity index (χ0n) is 33.7. The quantitative estimate of drug-likeness (QED) is 0.0840. The van der Waals surface area contributed by atoms with Crippen LogP contribution in [0, 0.1) is 0 Å². The third-order valence-electron chi connectivity index (χ3n) is 10.7. The number of hydrogen-bond acceptors (Lipinski definition) is 9. The molecular formula is C43H53Cl2N9O5. The van der Waals surface area contributed by atoms with E-state index in [1.165, 1.54) is 48.8 Å². The van der Waals surface area contributed by atoms with Crippen molar-refractivity contribution in [2.24, 2.45) is 0 Å². The summed E-state index contributed by atoms with van der Waals surface area (Å²) in [6.07, 6.45) is 10.4. The summed E-state index contributed by atoms with van der Waals surface area (Å²) in [4.78, 5) is 62.3. The molecule has 4 amide bonds. The molecule has 2 saturated heterocycles. The Balaban J connectivity index is 1.21. The lowest BCUT2D eigenvalue weighted by Gasteiger charge is -2.26. The molecule has 1 unspecified atom stereocenters. The largest absolute Gasteiger partial charge is 0.383 e. The van der Waals surface area contributed by atoms with Crippen LogP contribution in [0.3, 0.4) is 0 Å². The van der Waals surface area contributed by atoms with E-state index >= 15 is 0 Å². The van der Waals surface area contributed by atoms with Gasteiger partial charge in [-0.25, -0.2) is 9.48 Å². The van der Waals surface area contributed by atoms with Gasteiger partial charge in [0.1, 0.15) is 5.69 Å². The minimum absolute atomic E-state index is 0.0153. The van der Waals surface area contributed by atoms with Crippen LogP contribution in [0.25, 0.3) is 22.4 Å². The second-order valence-corrected chi connectivity index (χ2v) is 15.7. The number of pyridine rings is 1. The highest BCUT2D eigenvalue weighted by Gasteiger charge is 2.24. The summed E-state index contributed by atoms with van der Waals surface area (Å²) >= 11 is 12.4. The van der Waals surface area contributed by atoms with E-state index in [0.29, 0.717) is 47.1 Å². The molecule has 0 saturated carbocycles. The third-order valence-corrected chi connectivity index (χ3v) is 11.3. The standard InChI is InChI=1S/C43H53Cl2N9O5/c1-3-54-42(57)38(49-43(58)50-39-35(44)26-46-27-36(39)45)25-37(51-54)30-12-9-11-29(21-30)31-22-32(24-33(23-31)41(56)48-15-20-52-16-6-4-7-17-52)40(55)47-14-5-8-18-53-19-10-13-34(53)28-59-2/h9,11-12,21-27,34H,3-8,10,13-20,28H2,1-2H3,(H,47,55)(H,48,56)(H2,46,49,50,58). The maximum Gasteiger partial charge on any atom is 0.323 e. The number of unbranched alkanes of at least 4 members (excludes halogenated alkanes) is 1. The Kier molecular flexibility index (Phi) is 15.9. The number of amides is 4. The Morgan fingerprint density at radius 2 is 1.53 bits per heavy atom. The van der Waals surface area contributed by atoms with Gasteiger partial charge in [0.25, 0.3) is 17.4 Å². The number of nitrogens with one attached hydrogen (secondary N) is 4. The first kappa shape index (κ1) is 43.7. The monoisotopic (exact) mass is 845 g/mol. The number of halogens is 2. The van der Waals surface area contributed by atoms with Crippen LogP contribution in [0.2, 0.25) is 10.0 Å². The van der Waals surface area contributed by atoms with E-state index in [9.17, 15) is 19.2 Å². The van der Waals surface area contributed by atoms with E-state index < -0.39 is 11.6 Å². The number of carbonyl (C=O) groups is 3. The smallest absolute Gasteiger partial charge is 0.323 e. The van der Waals surface area contributed by atoms with Crippen molar-refractivity contribution >= 4 is 52.4 Å². The molecule has 1 atom stereocenters. The zero-order valence-corrected chi connectivity index (χ0v) is 35.2. The summed E-state index contributed by atoms with van der Waals surface area (Å²) in [5, 5.41) is 16.2. The van der Waals surface area contributed by atoms with Gasteiger partial charge in [0.05, 0.1) is 28.0 Å². The summed E-state index contributed by atoms with van der Waals surface area (Å²) in [5.41, 5.74) is 2.81. The molecule has 6 rings (SSSR count). The number of urea groups is 1. The Morgan fingerprint density at radius 1 is 0.814 bits per heavy atom. The first-order valence-corrected chi connectivity index (χ1v) is 21.2. The molecule has 4 heterocycles. The van der Waals surface area contributed by atoms with Crippen LogP contribution in [-0.2, 0) is 11.3 Å². The van der Waals surface area contributed by atoms with Gasteiger partial charge in [-0.1, -0.05) is 47.8 Å². The molecule has 59 heavy (non-hydrogen) atoms. The van der Waals surface area contributed by atoms with Crippen LogP contribution in [0.4, 0.5) is 16.2 Å². The van der Waals surface area contributed by atoms with Crippen LogP contribution in [-0.4, -0.2) is 108 Å². The lowest BCUT2D eigenvalue weighted by molar-refractivity contribution is 0.0946. The van der Waals surface area contributed by atoms with Crippen molar-refractivity contribution in [3.8, 4) is 22.4 Å². The van der Waals surface area contributed by atoms with Crippen LogP contribution >= 0.6 is 23.2 Å². The van der Waals surface area contributed by atoms with E-state index in [-0.39, 0.29) is 39.8 Å². The number of aryl methyl sites for hydroxylation is 1. The van der Waals surface area contributed by atoms with Crippen molar-refractivity contribution in [3.63, 3.8) is 0 Å². The van der Waals surface area contributed by atoms with Gasteiger partial charge in [0, 0.05) is 68.4 Å². The maximum atomic E-state index is 13.7. The number of anilines is 2. The minimum Gasteiger partial charge on any atom is -0.383 e. The average Bonchev–Trinajstić information content (AvgIpc) is 3.69. The van der Waals surface area contributed by atoms with E-state index in [4.69, 9.17) is 27.9 Å². The SMILES string of the molecule is CCn1nc(-c2cccc(-c3cc(C(=O)NCCCCN4CCCC4COC)cc(C(=O)NCCN4CCCCC4)c3)c2)cc(NC(=O)Nc2c(Cl)cncc2Cl)c1=O. The van der Waals surface area contributed by atoms with Crippen molar-refractivity contribution in [2.75, 3.05) is 70.2 Å². The van der Waals surface area contributed by atoms with Gasteiger partial charge >= 0.3 is 6.03 Å². The lowest BCUT2D eigenvalue weighted by Crippen LogP contribution is -2.37. The van der Waals surface area contributed by atoms with Gasteiger partial charge in [-0.15, -0.1) is 0 Å². The van der Waals surface area contributed by atoms with E-state index in [0.717, 1.165) is 64.2 Å². The van der Waals surface area contributed by atoms with Gasteiger partial charge in [-0.3, -0.25) is 24.3 Å². The molecule has 14 nitrogen and oxygen atoms in total. The highest BCUT2D eigenvalue weighted by Crippen LogP contribution is 2.30. The predicted octanol–water partition coefficient (Wildman–Crippen LogP) is 6.78. The topological polar surface area (TPSA) is 163 Å². The lowest BCUT2D eigenvalue weighted by atomic mass is 9.97. The first-order chi connectivity index (χ1) is 28.6. The van der Waals surface area contributed by atoms with Crippen molar-refractivity contribution < 1.29 is 19.1 Å². The normalized spacial score (nSPS) is 15.8. The molecule has 2 aromatic heterocycles. The Bertz CT molecular complexity index is 2140. The third kappa shape index (κ3) is 11.9. The molecule has 2 aromatic carbocycles. The molecule has 0 spiro atoms. The summed E-state index contributed by atoms with van der Waals surface area (Å²) in [6, 6.07) is 13.9. The molecule has 4 aromatic rings. The fourth-order valence-corrected chi connectivity index (χ4v) is 8.09. The summed E-state index contributed by atoms with van der Waals surface area (Å²) in [6.45, 7) is 8.62. The molecule has 0 aliphatic carbocycles. The van der Waals surface area contributed by atoms with Gasteiger partial charge in [0.2, 0.25) is 0 Å². The predicted molar refractivity (Wildman–Crippen MR) is 233 cm³/mol. The summed E-state index contributed by atoms with van der Waals surface area (Å²) < 4.78 is 6.65. The van der Waals surface area contributed by atoms with E-state index in [1.54, 1.807) is 32.2 Å². The zero-order chi connectivity index (χ0) is 41.7. The highest BCUT2D eigenvalue weighted by atomic mass is 35.5. The van der Waals surface area contributed by atoms with Gasteiger partial charge in [0.15, 0.2) is 0 Å². The number of likely N-dealkylation sites (tertiary alicyclic amines) is 2. The number of ether oxygens (including phenoxy) is 1. The van der Waals surface area contributed by atoms with E-state index in [2.05, 4.69) is 41.1 Å². The van der Waals surface area contributed by atoms with Crippen molar-refractivity contribution in [2.45, 2.75) is 64.5 Å². The number of benzene rings is 2. The van der Waals surface area contributed by atoms with Crippen molar-refractivity contribution in [1.29, 1.82) is 0 Å². The number of hydrogen-bond donors (Lipinski definition) is 4. The van der Waals surface area contributed by atoms with Gasteiger partial charge in [-0.05, 0) is 113 Å². The molecule has 314 valence electrons. The molecule has 4 N–H and O–H groups in total. The number of nitrogens with zero attached hydrogens (tertiary/aromatic N) is 5. The molecule has 2 aliphatic rings. The van der Waals surface area contributed by atoms with Crippen molar-refractivity contribution in [3.05, 3.63) is 92.5 Å². The van der Waals surface area contributed by atoms with Crippen LogP contribution in [0.5, 0.6) is 0 Å². The fraction of sp³-hybridized carbons (Fsp3) is 0.442. The number of rotatable bonds is 17. The number of methoxy groups -OCH3 is 1. The molecule has 0 bridgehead atoms. The second kappa shape index (κ2) is 21.4. The Labute approximate surface area is 355 Å². The fourth-order valence-electron chi connectivity index (χ4n) is 7.63. The average molecular weight is 847 g/mol. The van der Waals surface area contributed by atoms with Crippen LogP contribution < -0.4 is 26.8 Å². The molecule has 2 fully saturated rings. The van der Waals surface area contributed by atoms with Crippen LogP contribution in [0.15, 0.2) is 65.7 Å². The molecule has 0 radical (unpaired) electrons. The minimum atomic E-state index is -0.732. The summed E-state index contributed by atoms with van der Waals surface area (Å²) in [5.74, 6) is -0.519. The van der Waals surface area contributed by atoms with Crippen molar-refractivity contribution in [1.82, 2.24) is 35.2 Å². The van der Waals surface area contributed by atoms with Crippen LogP contribution in [0.1, 0.15) is 72.6 Å². The Morgan fingerprint density at radius 3 is 2.24 bits per heavy atom. The number of piperidine rings is 1. The summed E-state index contributed by atoms with van der Waals surface area (Å²) in [7, 11) is 1.74. The highest BCUT2D eigenvalue weighted by molar-refractivity contribution is 6.39. The molecule has 2 aliphatic heterocycles. The number of carbonyl (C=O) groups excluding carboxylic acids is 3. The number of aromatic nitrogens is 3. The van der Waals surface area contributed by atoms with Gasteiger partial charge < -0.3 is 30.9 Å². The first-order valence-electron chi connectivity index (χ1n) is 20.4. The van der Waals surface area contributed by atoms with E-state index in [1.807, 2.05) is 24.3 Å². The molecular weight excluding hydrogens is 793 g/mol. The van der Waals surface area contributed by atoms with Gasteiger partial charge in [-0.2, -0.15) is 5.10 Å². The Hall–Kier alpha value is -4.86. The maximum absolute atomic E-state index is 13.7. The second-order valence-electron chi connectivity index (χ2n) is 14.9. The molecule has 16 heteroatoms.